The lowest BCUT2D eigenvalue weighted by molar-refractivity contribution is -0.111. The average molecular weight is 515 g/mol. The van der Waals surface area contributed by atoms with Gasteiger partial charge in [0.05, 0.1) is 34.1 Å². The van der Waals surface area contributed by atoms with E-state index in [4.69, 9.17) is 18.9 Å². The molecule has 0 aliphatic carbocycles. The topological polar surface area (TPSA) is 91.2 Å². The van der Waals surface area contributed by atoms with Crippen LogP contribution in [0.2, 0.25) is 0 Å². The van der Waals surface area contributed by atoms with Gasteiger partial charge in [0.15, 0.2) is 23.0 Å². The maximum atomic E-state index is 12.8. The number of hydrogen-bond donors (Lipinski definition) is 2. The highest BCUT2D eigenvalue weighted by Gasteiger charge is 2.14. The summed E-state index contributed by atoms with van der Waals surface area (Å²) < 4.78 is 23.6. The number of carbonyl (C=O) groups excluding carboxylic acids is 1. The van der Waals surface area contributed by atoms with Crippen LogP contribution in [0.5, 0.6) is 28.7 Å². The second-order valence-corrected chi connectivity index (χ2v) is 8.45. The molecule has 1 aromatic heterocycles. The number of phenols is 1. The third kappa shape index (κ3) is 5.44. The van der Waals surface area contributed by atoms with E-state index in [2.05, 4.69) is 5.32 Å². The number of aromatic hydroxyl groups is 1. The average Bonchev–Trinajstić information content (AvgIpc) is 3.26. The Labute approximate surface area is 221 Å². The maximum Gasteiger partial charge on any atom is 0.248 e. The quantitative estimate of drug-likeness (QED) is 0.168. The first-order valence-electron chi connectivity index (χ1n) is 11.8. The Morgan fingerprint density at radius 2 is 1.45 bits per heavy atom. The zero-order valence-corrected chi connectivity index (χ0v) is 21.9. The number of aromatic nitrogens is 1. The number of hydrogen-bond acceptors (Lipinski definition) is 6. The molecule has 38 heavy (non-hydrogen) atoms. The number of aryl methyl sites for hydroxylation is 1. The second kappa shape index (κ2) is 11.5. The Hall–Kier alpha value is -4.85. The van der Waals surface area contributed by atoms with Gasteiger partial charge in [0.25, 0.3) is 0 Å². The first kappa shape index (κ1) is 26.2. The van der Waals surface area contributed by atoms with Crippen LogP contribution in [0.25, 0.3) is 29.1 Å². The number of benzene rings is 3. The summed E-state index contributed by atoms with van der Waals surface area (Å²) in [5.74, 6) is 1.23. The molecule has 0 radical (unpaired) electrons. The van der Waals surface area contributed by atoms with Gasteiger partial charge < -0.3 is 33.9 Å². The molecule has 0 unspecified atom stereocenters. The van der Waals surface area contributed by atoms with Crippen LogP contribution in [0.4, 0.5) is 5.69 Å². The van der Waals surface area contributed by atoms with Gasteiger partial charge in [-0.3, -0.25) is 4.79 Å². The van der Waals surface area contributed by atoms with Gasteiger partial charge >= 0.3 is 0 Å². The summed E-state index contributed by atoms with van der Waals surface area (Å²) in [4.78, 5) is 12.8. The fourth-order valence-corrected chi connectivity index (χ4v) is 4.21. The van der Waals surface area contributed by atoms with Crippen molar-refractivity contribution in [1.82, 2.24) is 4.57 Å². The highest BCUT2D eigenvalue weighted by atomic mass is 16.5. The van der Waals surface area contributed by atoms with Crippen molar-refractivity contribution in [2.24, 2.45) is 7.05 Å². The van der Waals surface area contributed by atoms with E-state index >= 15 is 0 Å². The molecule has 1 heterocycles. The predicted molar refractivity (Wildman–Crippen MR) is 150 cm³/mol. The fraction of sp³-hybridized carbons (Fsp3) is 0.167. The molecule has 4 aromatic rings. The molecule has 1 amide bonds. The summed E-state index contributed by atoms with van der Waals surface area (Å²) in [6.07, 6.45) is 8.82. The molecular formula is C30H30N2O6. The van der Waals surface area contributed by atoms with Crippen molar-refractivity contribution in [2.45, 2.75) is 0 Å². The highest BCUT2D eigenvalue weighted by molar-refractivity contribution is 6.04. The second-order valence-electron chi connectivity index (χ2n) is 8.45. The minimum Gasteiger partial charge on any atom is -0.503 e. The smallest absolute Gasteiger partial charge is 0.248 e. The van der Waals surface area contributed by atoms with E-state index in [-0.39, 0.29) is 23.1 Å². The maximum absolute atomic E-state index is 12.8. The molecule has 196 valence electrons. The lowest BCUT2D eigenvalue weighted by atomic mass is 10.1. The normalized spacial score (nSPS) is 11.3. The van der Waals surface area contributed by atoms with Crippen molar-refractivity contribution in [3.05, 3.63) is 77.5 Å². The van der Waals surface area contributed by atoms with Gasteiger partial charge in [0.2, 0.25) is 11.7 Å². The van der Waals surface area contributed by atoms with Gasteiger partial charge in [-0.05, 0) is 47.5 Å². The zero-order chi connectivity index (χ0) is 27.2. The van der Waals surface area contributed by atoms with Crippen molar-refractivity contribution < 1.29 is 28.8 Å². The molecule has 0 spiro atoms. The lowest BCUT2D eigenvalue weighted by Crippen LogP contribution is -2.08. The minimum absolute atomic E-state index is 0.163. The van der Waals surface area contributed by atoms with Crippen LogP contribution in [0.3, 0.4) is 0 Å². The number of nitrogens with one attached hydrogen (secondary N) is 1. The van der Waals surface area contributed by atoms with Gasteiger partial charge in [0, 0.05) is 35.8 Å². The molecular weight excluding hydrogens is 484 g/mol. The molecule has 0 aliphatic rings. The first-order chi connectivity index (χ1) is 18.4. The number of rotatable bonds is 9. The molecule has 2 N–H and O–H groups in total. The Morgan fingerprint density at radius 3 is 2.08 bits per heavy atom. The lowest BCUT2D eigenvalue weighted by Gasteiger charge is -2.13. The number of ether oxygens (including phenoxy) is 4. The van der Waals surface area contributed by atoms with Crippen molar-refractivity contribution >= 4 is 40.7 Å². The van der Waals surface area contributed by atoms with Crippen LogP contribution in [-0.4, -0.2) is 44.0 Å². The van der Waals surface area contributed by atoms with Crippen LogP contribution in [-0.2, 0) is 11.8 Å². The van der Waals surface area contributed by atoms with Crippen molar-refractivity contribution in [3.63, 3.8) is 0 Å². The molecule has 0 fully saturated rings. The van der Waals surface area contributed by atoms with E-state index in [1.54, 1.807) is 39.5 Å². The molecule has 0 saturated heterocycles. The number of para-hydroxylation sites is 1. The van der Waals surface area contributed by atoms with Gasteiger partial charge in [-0.25, -0.2) is 0 Å². The summed E-state index contributed by atoms with van der Waals surface area (Å²) in [5, 5.41) is 14.4. The van der Waals surface area contributed by atoms with E-state index in [0.717, 1.165) is 22.0 Å². The Bertz CT molecular complexity index is 1510. The molecule has 0 saturated carbocycles. The summed E-state index contributed by atoms with van der Waals surface area (Å²) in [6, 6.07) is 14.9. The van der Waals surface area contributed by atoms with Gasteiger partial charge in [-0.1, -0.05) is 30.4 Å². The largest absolute Gasteiger partial charge is 0.503 e. The number of carbonyl (C=O) groups is 1. The fourth-order valence-electron chi connectivity index (χ4n) is 4.21. The summed E-state index contributed by atoms with van der Waals surface area (Å²) in [5.41, 5.74) is 3.71. The van der Waals surface area contributed by atoms with E-state index < -0.39 is 0 Å². The molecule has 0 aliphatic heterocycles. The summed E-state index contributed by atoms with van der Waals surface area (Å²) in [6.45, 7) is 0. The van der Waals surface area contributed by atoms with E-state index in [9.17, 15) is 9.90 Å². The monoisotopic (exact) mass is 514 g/mol. The minimum atomic E-state index is -0.388. The van der Waals surface area contributed by atoms with Crippen molar-refractivity contribution in [1.29, 1.82) is 0 Å². The number of amides is 1. The van der Waals surface area contributed by atoms with Gasteiger partial charge in [0.1, 0.15) is 0 Å². The van der Waals surface area contributed by atoms with Crippen molar-refractivity contribution in [3.8, 4) is 28.7 Å². The molecule has 0 bridgehead atoms. The number of fused-ring (bicyclic) bond motifs is 1. The van der Waals surface area contributed by atoms with Gasteiger partial charge in [-0.15, -0.1) is 0 Å². The van der Waals surface area contributed by atoms with E-state index in [1.807, 2.05) is 66.4 Å². The molecule has 8 nitrogen and oxygen atoms in total. The first-order valence-corrected chi connectivity index (χ1v) is 11.8. The van der Waals surface area contributed by atoms with Crippen LogP contribution < -0.4 is 24.3 Å². The summed E-state index contributed by atoms with van der Waals surface area (Å²) in [7, 11) is 8.07. The number of anilines is 1. The van der Waals surface area contributed by atoms with Crippen LogP contribution in [0.1, 0.15) is 16.7 Å². The zero-order valence-electron chi connectivity index (χ0n) is 21.9. The van der Waals surface area contributed by atoms with Gasteiger partial charge in [-0.2, -0.15) is 0 Å². The summed E-state index contributed by atoms with van der Waals surface area (Å²) >= 11 is 0. The molecule has 3 aromatic carbocycles. The van der Waals surface area contributed by atoms with Crippen LogP contribution >= 0.6 is 0 Å². The van der Waals surface area contributed by atoms with Crippen molar-refractivity contribution in [2.75, 3.05) is 33.8 Å². The SMILES string of the molecule is COc1cc(/C=C/c2cc(OC)c(OC)c(OC)c2)cc(NC(=O)/C=C/c2cn(C)c3ccccc23)c1O. The van der Waals surface area contributed by atoms with E-state index in [0.29, 0.717) is 22.8 Å². The Balaban J connectivity index is 1.59. The molecule has 8 heteroatoms. The number of phenolic OH excluding ortho intramolecular Hbond substituents is 1. The molecule has 4 rings (SSSR count). The third-order valence-corrected chi connectivity index (χ3v) is 6.07. The van der Waals surface area contributed by atoms with E-state index in [1.165, 1.54) is 13.2 Å². The highest BCUT2D eigenvalue weighted by Crippen LogP contribution is 2.39. The van der Waals surface area contributed by atoms with Crippen LogP contribution in [0, 0.1) is 0 Å². The predicted octanol–water partition coefficient (Wildman–Crippen LogP) is 5.74. The third-order valence-electron chi connectivity index (χ3n) is 6.07. The number of nitrogens with zero attached hydrogens (tertiary/aromatic N) is 1. The Morgan fingerprint density at radius 1 is 0.842 bits per heavy atom. The van der Waals surface area contributed by atoms with Crippen LogP contribution in [0.15, 0.2) is 60.8 Å². The number of methoxy groups -OCH3 is 4. The Kier molecular flexibility index (Phi) is 7.91. The molecule has 0 atom stereocenters. The standard InChI is InChI=1S/C30H30N2O6/c1-32-18-21(22-8-6-7-9-24(22)32)12-13-28(33)31-23-14-19(15-25(35-2)29(23)34)10-11-20-16-26(36-3)30(38-5)27(17-20)37-4/h6-18,34H,1-5H3,(H,31,33)/b11-10+,13-12+.